The van der Waals surface area contributed by atoms with Crippen LogP contribution in [0.25, 0.3) is 0 Å². The molecular formula is C7H13F2N. The highest BCUT2D eigenvalue weighted by Gasteiger charge is 2.39. The van der Waals surface area contributed by atoms with Crippen molar-refractivity contribution in [3.05, 3.63) is 0 Å². The molecule has 1 unspecified atom stereocenters. The first-order valence-corrected chi connectivity index (χ1v) is 3.57. The van der Waals surface area contributed by atoms with Gasteiger partial charge < -0.3 is 5.32 Å². The maximum absolute atomic E-state index is 12.2. The average Bonchev–Trinajstić information content (AvgIpc) is 2.08. The Morgan fingerprint density at radius 2 is 2.10 bits per heavy atom. The molecule has 3 heteroatoms. The molecule has 0 aromatic carbocycles. The molecule has 1 saturated heterocycles. The van der Waals surface area contributed by atoms with E-state index in [2.05, 4.69) is 5.32 Å². The first kappa shape index (κ1) is 7.92. The maximum Gasteiger partial charge on any atom is 0.243 e. The van der Waals surface area contributed by atoms with Crippen molar-refractivity contribution in [2.45, 2.75) is 32.2 Å². The van der Waals surface area contributed by atoms with Crippen molar-refractivity contribution in [1.29, 1.82) is 0 Å². The molecule has 0 aromatic rings. The minimum Gasteiger partial charge on any atom is -0.311 e. The van der Waals surface area contributed by atoms with Crippen LogP contribution in [0.2, 0.25) is 0 Å². The van der Waals surface area contributed by atoms with Gasteiger partial charge in [-0.05, 0) is 26.8 Å². The van der Waals surface area contributed by atoms with Gasteiger partial charge in [0.2, 0.25) is 6.43 Å². The Bertz CT molecular complexity index is 123. The summed E-state index contributed by atoms with van der Waals surface area (Å²) in [5.41, 5.74) is -0.367. The normalized spacial score (nSPS) is 31.5. The largest absolute Gasteiger partial charge is 0.311 e. The molecule has 0 aliphatic carbocycles. The van der Waals surface area contributed by atoms with Gasteiger partial charge in [-0.3, -0.25) is 0 Å². The van der Waals surface area contributed by atoms with Crippen LogP contribution in [0.3, 0.4) is 0 Å². The molecule has 0 spiro atoms. The molecule has 0 aromatic heterocycles. The average molecular weight is 149 g/mol. The fraction of sp³-hybridized carbons (Fsp3) is 1.00. The molecule has 1 nitrogen and oxygen atoms in total. The second kappa shape index (κ2) is 2.46. The minimum atomic E-state index is -2.18. The lowest BCUT2D eigenvalue weighted by atomic mass is 9.90. The van der Waals surface area contributed by atoms with Crippen molar-refractivity contribution in [3.8, 4) is 0 Å². The summed E-state index contributed by atoms with van der Waals surface area (Å²) in [5, 5.41) is 3.05. The van der Waals surface area contributed by atoms with E-state index in [0.717, 1.165) is 6.54 Å². The van der Waals surface area contributed by atoms with Gasteiger partial charge in [-0.15, -0.1) is 0 Å². The van der Waals surface area contributed by atoms with E-state index in [0.29, 0.717) is 6.42 Å². The van der Waals surface area contributed by atoms with E-state index in [-0.39, 0.29) is 5.54 Å². The molecule has 0 saturated carbocycles. The van der Waals surface area contributed by atoms with Crippen LogP contribution in [0.5, 0.6) is 0 Å². The molecular weight excluding hydrogens is 136 g/mol. The predicted octanol–water partition coefficient (Wildman–Crippen LogP) is 1.64. The monoisotopic (exact) mass is 149 g/mol. The molecule has 60 valence electrons. The SMILES string of the molecule is CC1(C)NCCC1C(F)F. The highest BCUT2D eigenvalue weighted by Crippen LogP contribution is 2.30. The summed E-state index contributed by atoms with van der Waals surface area (Å²) in [7, 11) is 0. The van der Waals surface area contributed by atoms with Crippen LogP contribution in [-0.2, 0) is 0 Å². The van der Waals surface area contributed by atoms with Crippen LogP contribution in [0.15, 0.2) is 0 Å². The van der Waals surface area contributed by atoms with Crippen molar-refractivity contribution >= 4 is 0 Å². The summed E-state index contributed by atoms with van der Waals surface area (Å²) in [5.74, 6) is -0.465. The second-order valence-electron chi connectivity index (χ2n) is 3.38. The highest BCUT2D eigenvalue weighted by atomic mass is 19.3. The van der Waals surface area contributed by atoms with Crippen molar-refractivity contribution in [3.63, 3.8) is 0 Å². The Morgan fingerprint density at radius 1 is 1.50 bits per heavy atom. The van der Waals surface area contributed by atoms with E-state index >= 15 is 0 Å². The smallest absolute Gasteiger partial charge is 0.243 e. The van der Waals surface area contributed by atoms with Crippen LogP contribution in [-0.4, -0.2) is 18.5 Å². The fourth-order valence-corrected chi connectivity index (χ4v) is 1.48. The second-order valence-corrected chi connectivity index (χ2v) is 3.38. The molecule has 1 heterocycles. The molecule has 1 N–H and O–H groups in total. The highest BCUT2D eigenvalue weighted by molar-refractivity contribution is 4.93. The van der Waals surface area contributed by atoms with Crippen LogP contribution >= 0.6 is 0 Å². The van der Waals surface area contributed by atoms with Gasteiger partial charge in [0, 0.05) is 11.5 Å². The molecule has 10 heavy (non-hydrogen) atoms. The number of hydrogen-bond acceptors (Lipinski definition) is 1. The third kappa shape index (κ3) is 1.29. The lowest BCUT2D eigenvalue weighted by Crippen LogP contribution is -2.40. The van der Waals surface area contributed by atoms with E-state index in [9.17, 15) is 8.78 Å². The first-order chi connectivity index (χ1) is 4.54. The zero-order chi connectivity index (χ0) is 7.78. The van der Waals surface area contributed by atoms with Crippen LogP contribution < -0.4 is 5.32 Å². The van der Waals surface area contributed by atoms with Gasteiger partial charge in [0.1, 0.15) is 0 Å². The number of halogens is 2. The molecule has 1 atom stereocenters. The van der Waals surface area contributed by atoms with E-state index in [4.69, 9.17) is 0 Å². The van der Waals surface area contributed by atoms with Gasteiger partial charge in [0.25, 0.3) is 0 Å². The summed E-state index contributed by atoms with van der Waals surface area (Å²) in [6.45, 7) is 4.38. The fourth-order valence-electron chi connectivity index (χ4n) is 1.48. The standard InChI is InChI=1S/C7H13F2N/c1-7(2)5(6(8)9)3-4-10-7/h5-6,10H,3-4H2,1-2H3. The van der Waals surface area contributed by atoms with Crippen LogP contribution in [0.4, 0.5) is 8.78 Å². The number of nitrogens with one attached hydrogen (secondary N) is 1. The number of alkyl halides is 2. The van der Waals surface area contributed by atoms with E-state index in [1.165, 1.54) is 0 Å². The lowest BCUT2D eigenvalue weighted by Gasteiger charge is -2.25. The van der Waals surface area contributed by atoms with Crippen molar-refractivity contribution in [2.24, 2.45) is 5.92 Å². The van der Waals surface area contributed by atoms with E-state index < -0.39 is 12.3 Å². The summed E-state index contributed by atoms with van der Waals surface area (Å²) < 4.78 is 24.4. The first-order valence-electron chi connectivity index (χ1n) is 3.57. The maximum atomic E-state index is 12.2. The van der Waals surface area contributed by atoms with Gasteiger partial charge in [-0.1, -0.05) is 0 Å². The molecule has 0 bridgehead atoms. The molecule has 0 amide bonds. The van der Waals surface area contributed by atoms with E-state index in [1.807, 2.05) is 13.8 Å². The Morgan fingerprint density at radius 3 is 2.30 bits per heavy atom. The molecule has 1 aliphatic rings. The van der Waals surface area contributed by atoms with Gasteiger partial charge in [0.15, 0.2) is 0 Å². The van der Waals surface area contributed by atoms with Gasteiger partial charge in [0.05, 0.1) is 0 Å². The Labute approximate surface area is 59.8 Å². The van der Waals surface area contributed by atoms with Gasteiger partial charge >= 0.3 is 0 Å². The van der Waals surface area contributed by atoms with Crippen molar-refractivity contribution < 1.29 is 8.78 Å². The molecule has 1 aliphatic heterocycles. The zero-order valence-electron chi connectivity index (χ0n) is 6.32. The summed E-state index contributed by atoms with van der Waals surface area (Å²) in [6, 6.07) is 0. The van der Waals surface area contributed by atoms with Crippen molar-refractivity contribution in [2.75, 3.05) is 6.54 Å². The predicted molar refractivity (Wildman–Crippen MR) is 36.2 cm³/mol. The van der Waals surface area contributed by atoms with Gasteiger partial charge in [-0.2, -0.15) is 0 Å². The Kier molecular flexibility index (Phi) is 1.95. The Hall–Kier alpha value is -0.180. The quantitative estimate of drug-likeness (QED) is 0.597. The third-order valence-electron chi connectivity index (χ3n) is 2.27. The van der Waals surface area contributed by atoms with Crippen LogP contribution in [0, 0.1) is 5.92 Å². The molecule has 1 fully saturated rings. The van der Waals surface area contributed by atoms with Gasteiger partial charge in [-0.25, -0.2) is 8.78 Å². The minimum absolute atomic E-state index is 0.367. The third-order valence-corrected chi connectivity index (χ3v) is 2.27. The lowest BCUT2D eigenvalue weighted by molar-refractivity contribution is 0.0500. The number of rotatable bonds is 1. The van der Waals surface area contributed by atoms with Crippen molar-refractivity contribution in [1.82, 2.24) is 5.32 Å². The van der Waals surface area contributed by atoms with E-state index in [1.54, 1.807) is 0 Å². The summed E-state index contributed by atoms with van der Waals surface area (Å²) >= 11 is 0. The summed E-state index contributed by atoms with van der Waals surface area (Å²) in [4.78, 5) is 0. The zero-order valence-corrected chi connectivity index (χ0v) is 6.32. The number of hydrogen-bond donors (Lipinski definition) is 1. The summed E-state index contributed by atoms with van der Waals surface area (Å²) in [6.07, 6.45) is -1.57. The topological polar surface area (TPSA) is 12.0 Å². The molecule has 1 rings (SSSR count). The Balaban J connectivity index is 2.59. The molecule has 0 radical (unpaired) electrons. The van der Waals surface area contributed by atoms with Crippen LogP contribution in [0.1, 0.15) is 20.3 Å².